The summed E-state index contributed by atoms with van der Waals surface area (Å²) in [6.07, 6.45) is 7.60. The van der Waals surface area contributed by atoms with Gasteiger partial charge in [0.15, 0.2) is 5.96 Å². The molecule has 0 saturated heterocycles. The number of ether oxygens (including phenoxy) is 1. The summed E-state index contributed by atoms with van der Waals surface area (Å²) in [5.41, 5.74) is -0.317. The van der Waals surface area contributed by atoms with Crippen LogP contribution in [0.2, 0.25) is 0 Å². The first-order chi connectivity index (χ1) is 12.9. The quantitative estimate of drug-likeness (QED) is 0.418. The second-order valence-electron chi connectivity index (χ2n) is 8.06. The number of nitrogens with zero attached hydrogens (tertiary/aromatic N) is 2. The van der Waals surface area contributed by atoms with Crippen molar-refractivity contribution in [1.82, 2.24) is 15.5 Å². The third kappa shape index (κ3) is 5.59. The van der Waals surface area contributed by atoms with E-state index in [1.165, 1.54) is 0 Å². The number of esters is 1. The van der Waals surface area contributed by atoms with Crippen LogP contribution in [0.4, 0.5) is 0 Å². The lowest BCUT2D eigenvalue weighted by molar-refractivity contribution is -0.149. The fourth-order valence-electron chi connectivity index (χ4n) is 4.37. The Morgan fingerprint density at radius 1 is 1.15 bits per heavy atom. The van der Waals surface area contributed by atoms with E-state index in [1.54, 1.807) is 11.9 Å². The summed E-state index contributed by atoms with van der Waals surface area (Å²) >= 11 is 0. The Balaban J connectivity index is 1.84. The van der Waals surface area contributed by atoms with E-state index in [9.17, 15) is 9.59 Å². The van der Waals surface area contributed by atoms with Gasteiger partial charge in [-0.3, -0.25) is 14.6 Å². The van der Waals surface area contributed by atoms with Gasteiger partial charge in [-0.15, -0.1) is 0 Å². The number of hydrogen-bond acceptors (Lipinski definition) is 4. The molecule has 0 bridgehead atoms. The molecule has 0 aromatic carbocycles. The molecule has 27 heavy (non-hydrogen) atoms. The van der Waals surface area contributed by atoms with Crippen molar-refractivity contribution in [2.45, 2.75) is 64.3 Å². The van der Waals surface area contributed by atoms with Crippen molar-refractivity contribution in [1.29, 1.82) is 0 Å². The zero-order chi connectivity index (χ0) is 19.9. The topological polar surface area (TPSA) is 83.0 Å². The van der Waals surface area contributed by atoms with Gasteiger partial charge in [-0.1, -0.05) is 12.8 Å². The second-order valence-corrected chi connectivity index (χ2v) is 8.06. The van der Waals surface area contributed by atoms with Gasteiger partial charge >= 0.3 is 5.97 Å². The fourth-order valence-corrected chi connectivity index (χ4v) is 4.37. The lowest BCUT2D eigenvalue weighted by Crippen LogP contribution is -2.51. The van der Waals surface area contributed by atoms with Gasteiger partial charge in [0, 0.05) is 33.7 Å². The largest absolute Gasteiger partial charge is 0.466 e. The van der Waals surface area contributed by atoms with Crippen LogP contribution in [-0.2, 0) is 14.3 Å². The predicted molar refractivity (Wildman–Crippen MR) is 106 cm³/mol. The standard InChI is InChI=1S/C20H36N4O3/c1-5-27-17(25)15-8-10-16(11-9-15)23-19(21-2)22-14-20(12-6-7-13-20)18(26)24(3)4/h15-16H,5-14H2,1-4H3,(H2,21,22,23). The molecule has 2 fully saturated rings. The number of carbonyl (C=O) groups is 2. The van der Waals surface area contributed by atoms with Crippen molar-refractivity contribution in [3.63, 3.8) is 0 Å². The second kappa shape index (κ2) is 9.95. The lowest BCUT2D eigenvalue weighted by atomic mass is 9.84. The van der Waals surface area contributed by atoms with Crippen molar-refractivity contribution in [2.75, 3.05) is 34.3 Å². The van der Waals surface area contributed by atoms with E-state index < -0.39 is 0 Å². The van der Waals surface area contributed by atoms with Crippen LogP contribution in [0, 0.1) is 11.3 Å². The van der Waals surface area contributed by atoms with Crippen molar-refractivity contribution >= 4 is 17.8 Å². The van der Waals surface area contributed by atoms with Gasteiger partial charge in [0.25, 0.3) is 0 Å². The first-order valence-electron chi connectivity index (χ1n) is 10.3. The molecule has 0 radical (unpaired) electrons. The molecule has 0 atom stereocenters. The monoisotopic (exact) mass is 380 g/mol. The molecule has 2 N–H and O–H groups in total. The number of rotatable bonds is 6. The van der Waals surface area contributed by atoms with Crippen molar-refractivity contribution in [3.05, 3.63) is 0 Å². The van der Waals surface area contributed by atoms with Gasteiger partial charge in [0.1, 0.15) is 0 Å². The van der Waals surface area contributed by atoms with Gasteiger partial charge in [-0.05, 0) is 45.4 Å². The van der Waals surface area contributed by atoms with Crippen LogP contribution in [0.5, 0.6) is 0 Å². The Morgan fingerprint density at radius 3 is 2.30 bits per heavy atom. The van der Waals surface area contributed by atoms with E-state index in [-0.39, 0.29) is 23.2 Å². The minimum atomic E-state index is -0.317. The third-order valence-electron chi connectivity index (χ3n) is 5.93. The van der Waals surface area contributed by atoms with Crippen LogP contribution >= 0.6 is 0 Å². The van der Waals surface area contributed by atoms with Crippen molar-refractivity contribution in [3.8, 4) is 0 Å². The summed E-state index contributed by atoms with van der Waals surface area (Å²) in [5.74, 6) is 0.909. The van der Waals surface area contributed by atoms with Gasteiger partial charge in [0.2, 0.25) is 5.91 Å². The molecule has 2 saturated carbocycles. The molecule has 154 valence electrons. The molecule has 2 aliphatic rings. The van der Waals surface area contributed by atoms with E-state index >= 15 is 0 Å². The van der Waals surface area contributed by atoms with Crippen LogP contribution in [0.1, 0.15) is 58.3 Å². The molecule has 0 aromatic heterocycles. The Hall–Kier alpha value is -1.79. The molecule has 2 rings (SSSR count). The molecule has 2 aliphatic carbocycles. The molecular formula is C20H36N4O3. The van der Waals surface area contributed by atoms with Crippen LogP contribution in [0.15, 0.2) is 4.99 Å². The Labute approximate surface area is 163 Å². The third-order valence-corrected chi connectivity index (χ3v) is 5.93. The molecule has 0 unspecified atom stereocenters. The van der Waals surface area contributed by atoms with Crippen molar-refractivity contribution < 1.29 is 14.3 Å². The SMILES string of the molecule is CCOC(=O)C1CCC(NC(=NC)NCC2(C(=O)N(C)C)CCCC2)CC1. The molecule has 1 amide bonds. The summed E-state index contributed by atoms with van der Waals surface area (Å²) in [6, 6.07) is 0.297. The highest BCUT2D eigenvalue weighted by atomic mass is 16.5. The van der Waals surface area contributed by atoms with E-state index in [0.717, 1.165) is 57.3 Å². The highest BCUT2D eigenvalue weighted by Crippen LogP contribution is 2.38. The predicted octanol–water partition coefficient (Wildman–Crippen LogP) is 1.92. The number of hydrogen-bond donors (Lipinski definition) is 2. The molecule has 7 heteroatoms. The Kier molecular flexibility index (Phi) is 7.92. The maximum atomic E-state index is 12.7. The van der Waals surface area contributed by atoms with Crippen LogP contribution in [-0.4, -0.2) is 63.1 Å². The number of carbonyl (C=O) groups excluding carboxylic acids is 2. The minimum Gasteiger partial charge on any atom is -0.466 e. The molecule has 0 spiro atoms. The number of aliphatic imine (C=N–C) groups is 1. The van der Waals surface area contributed by atoms with Gasteiger partial charge in [-0.2, -0.15) is 0 Å². The van der Waals surface area contributed by atoms with E-state index in [2.05, 4.69) is 15.6 Å². The Morgan fingerprint density at radius 2 is 1.78 bits per heavy atom. The molecular weight excluding hydrogens is 344 g/mol. The summed E-state index contributed by atoms with van der Waals surface area (Å²) in [7, 11) is 5.42. The Bertz CT molecular complexity index is 533. The minimum absolute atomic E-state index is 0.0254. The highest BCUT2D eigenvalue weighted by Gasteiger charge is 2.42. The van der Waals surface area contributed by atoms with Gasteiger partial charge in [0.05, 0.1) is 17.9 Å². The maximum absolute atomic E-state index is 12.7. The van der Waals surface area contributed by atoms with Crippen LogP contribution in [0.25, 0.3) is 0 Å². The first-order valence-corrected chi connectivity index (χ1v) is 10.3. The first kappa shape index (κ1) is 21.5. The number of nitrogens with one attached hydrogen (secondary N) is 2. The normalized spacial score (nSPS) is 25.0. The average Bonchev–Trinajstić information content (AvgIpc) is 3.15. The number of amides is 1. The molecule has 0 heterocycles. The maximum Gasteiger partial charge on any atom is 0.308 e. The van der Waals surface area contributed by atoms with Crippen LogP contribution in [0.3, 0.4) is 0 Å². The summed E-state index contributed by atoms with van der Waals surface area (Å²) in [4.78, 5) is 30.6. The summed E-state index contributed by atoms with van der Waals surface area (Å²) in [6.45, 7) is 2.90. The van der Waals surface area contributed by atoms with Gasteiger partial charge in [-0.25, -0.2) is 0 Å². The van der Waals surface area contributed by atoms with Gasteiger partial charge < -0.3 is 20.3 Å². The lowest BCUT2D eigenvalue weighted by Gasteiger charge is -2.33. The summed E-state index contributed by atoms with van der Waals surface area (Å²) in [5, 5.41) is 6.86. The highest BCUT2D eigenvalue weighted by molar-refractivity contribution is 5.85. The fraction of sp³-hybridized carbons (Fsp3) is 0.850. The molecule has 0 aliphatic heterocycles. The van der Waals surface area contributed by atoms with Crippen molar-refractivity contribution in [2.24, 2.45) is 16.3 Å². The smallest absolute Gasteiger partial charge is 0.308 e. The van der Waals surface area contributed by atoms with E-state index in [4.69, 9.17) is 4.74 Å². The average molecular weight is 381 g/mol. The van der Waals surface area contributed by atoms with E-state index in [0.29, 0.717) is 19.2 Å². The molecule has 7 nitrogen and oxygen atoms in total. The molecule has 0 aromatic rings. The number of guanidine groups is 1. The van der Waals surface area contributed by atoms with Crippen LogP contribution < -0.4 is 10.6 Å². The zero-order valence-electron chi connectivity index (χ0n) is 17.3. The zero-order valence-corrected chi connectivity index (χ0v) is 17.3. The summed E-state index contributed by atoms with van der Waals surface area (Å²) < 4.78 is 5.14. The van der Waals surface area contributed by atoms with E-state index in [1.807, 2.05) is 21.0 Å².